The molecule has 0 spiro atoms. The number of aromatic hydroxyl groups is 1. The zero-order valence-electron chi connectivity index (χ0n) is 13.4. The van der Waals surface area contributed by atoms with Gasteiger partial charge in [-0.2, -0.15) is 0 Å². The first-order valence-electron chi connectivity index (χ1n) is 7.31. The molecule has 0 saturated carbocycles. The monoisotopic (exact) mass is 314 g/mol. The van der Waals surface area contributed by atoms with E-state index >= 15 is 0 Å². The summed E-state index contributed by atoms with van der Waals surface area (Å²) in [7, 11) is 0. The summed E-state index contributed by atoms with van der Waals surface area (Å²) < 4.78 is 0. The van der Waals surface area contributed by atoms with E-state index in [2.05, 4.69) is 23.7 Å². The second-order valence-electron chi connectivity index (χ2n) is 4.66. The molecule has 6 nitrogen and oxygen atoms in total. The van der Waals surface area contributed by atoms with E-state index in [1.54, 1.807) is 24.3 Å². The highest BCUT2D eigenvalue weighted by molar-refractivity contribution is 5.92. The average Bonchev–Trinajstić information content (AvgIpc) is 2.57. The molecular weight excluding hydrogens is 292 g/mol. The minimum atomic E-state index is -0.419. The Kier molecular flexibility index (Phi) is 7.26. The van der Waals surface area contributed by atoms with Crippen LogP contribution in [0.15, 0.2) is 42.7 Å². The molecule has 0 aliphatic rings. The van der Waals surface area contributed by atoms with Crippen LogP contribution in [0.1, 0.15) is 29.8 Å². The van der Waals surface area contributed by atoms with Crippen LogP contribution in [0.2, 0.25) is 0 Å². The topological polar surface area (TPSA) is 103 Å². The van der Waals surface area contributed by atoms with Crippen LogP contribution in [0.5, 0.6) is 5.75 Å². The van der Waals surface area contributed by atoms with Gasteiger partial charge in [0.1, 0.15) is 5.75 Å². The Labute approximate surface area is 136 Å². The van der Waals surface area contributed by atoms with Gasteiger partial charge in [0.2, 0.25) is 5.91 Å². The van der Waals surface area contributed by atoms with Crippen molar-refractivity contribution in [3.05, 3.63) is 53.9 Å². The minimum absolute atomic E-state index is 0.171. The zero-order chi connectivity index (χ0) is 17.2. The number of pyridine rings is 1. The number of nitrogens with two attached hydrogens (primary N) is 1. The number of hydrogen-bond donors (Lipinski definition) is 3. The van der Waals surface area contributed by atoms with Gasteiger partial charge in [0.15, 0.2) is 0 Å². The standard InChI is InChI=1S/C11H16N2O.C6H6N2O/c1-3-13(4-2)10-6-5-9(8-12)11(14)7-10;7-6(9)5-1-3-8-4-2-5/h5-8,12,14H,3-4H2,1-2H3;1-4H,(H2,7,9). The number of anilines is 1. The smallest absolute Gasteiger partial charge is 0.248 e. The van der Waals surface area contributed by atoms with Gasteiger partial charge >= 0.3 is 0 Å². The zero-order valence-corrected chi connectivity index (χ0v) is 13.4. The lowest BCUT2D eigenvalue weighted by molar-refractivity contribution is 0.1000. The number of primary amides is 1. The number of hydrogen-bond acceptors (Lipinski definition) is 5. The molecule has 122 valence electrons. The number of carbonyl (C=O) groups excluding carboxylic acids is 1. The van der Waals surface area contributed by atoms with Gasteiger partial charge in [0, 0.05) is 54.6 Å². The number of nitrogens with one attached hydrogen (secondary N) is 1. The fourth-order valence-electron chi connectivity index (χ4n) is 1.96. The van der Waals surface area contributed by atoms with Crippen molar-refractivity contribution in [2.75, 3.05) is 18.0 Å². The van der Waals surface area contributed by atoms with Gasteiger partial charge in [0.05, 0.1) is 0 Å². The van der Waals surface area contributed by atoms with Crippen molar-refractivity contribution in [3.63, 3.8) is 0 Å². The molecule has 0 aliphatic heterocycles. The van der Waals surface area contributed by atoms with Crippen LogP contribution in [0.3, 0.4) is 0 Å². The van der Waals surface area contributed by atoms with Gasteiger partial charge < -0.3 is 21.1 Å². The Morgan fingerprint density at radius 2 is 1.87 bits per heavy atom. The van der Waals surface area contributed by atoms with Crippen LogP contribution >= 0.6 is 0 Å². The lowest BCUT2D eigenvalue weighted by Gasteiger charge is -2.21. The number of benzene rings is 1. The van der Waals surface area contributed by atoms with Crippen LogP contribution in [0.25, 0.3) is 0 Å². The van der Waals surface area contributed by atoms with E-state index in [-0.39, 0.29) is 5.75 Å². The van der Waals surface area contributed by atoms with E-state index in [9.17, 15) is 9.90 Å². The maximum absolute atomic E-state index is 10.4. The van der Waals surface area contributed by atoms with Crippen LogP contribution in [-0.2, 0) is 0 Å². The van der Waals surface area contributed by atoms with Crippen molar-refractivity contribution in [1.29, 1.82) is 5.41 Å². The maximum Gasteiger partial charge on any atom is 0.248 e. The van der Waals surface area contributed by atoms with E-state index in [1.165, 1.54) is 12.4 Å². The number of aromatic nitrogens is 1. The molecule has 1 amide bonds. The van der Waals surface area contributed by atoms with Gasteiger partial charge in [0.25, 0.3) is 0 Å². The van der Waals surface area contributed by atoms with Crippen molar-refractivity contribution in [1.82, 2.24) is 4.98 Å². The SMILES string of the molecule is CCN(CC)c1ccc(C=N)c(O)c1.NC(=O)c1ccncc1. The summed E-state index contributed by atoms with van der Waals surface area (Å²) in [5, 5.41) is 16.6. The predicted octanol–water partition coefficient (Wildman–Crippen LogP) is 2.42. The van der Waals surface area contributed by atoms with E-state index in [0.29, 0.717) is 11.1 Å². The summed E-state index contributed by atoms with van der Waals surface area (Å²) in [5.41, 5.74) is 6.99. The van der Waals surface area contributed by atoms with Gasteiger partial charge in [-0.15, -0.1) is 0 Å². The Bertz CT molecular complexity index is 640. The second kappa shape index (κ2) is 9.19. The molecule has 0 fully saturated rings. The minimum Gasteiger partial charge on any atom is -0.507 e. The number of phenols is 1. The van der Waals surface area contributed by atoms with E-state index in [4.69, 9.17) is 11.1 Å². The molecule has 0 bridgehead atoms. The van der Waals surface area contributed by atoms with Crippen molar-refractivity contribution in [2.45, 2.75) is 13.8 Å². The van der Waals surface area contributed by atoms with Gasteiger partial charge in [-0.25, -0.2) is 0 Å². The van der Waals surface area contributed by atoms with Crippen molar-refractivity contribution in [2.24, 2.45) is 5.73 Å². The molecule has 23 heavy (non-hydrogen) atoms. The molecule has 2 aromatic rings. The summed E-state index contributed by atoms with van der Waals surface area (Å²) in [4.78, 5) is 16.3. The normalized spacial score (nSPS) is 9.48. The summed E-state index contributed by atoms with van der Waals surface area (Å²) in [6.45, 7) is 5.98. The molecule has 6 heteroatoms. The first kappa shape index (κ1) is 18.2. The number of phenolic OH excluding ortho intramolecular Hbond substituents is 1. The van der Waals surface area contributed by atoms with E-state index in [0.717, 1.165) is 25.0 Å². The first-order chi connectivity index (χ1) is 11.0. The Morgan fingerprint density at radius 3 is 2.26 bits per heavy atom. The third kappa shape index (κ3) is 5.43. The molecule has 2 rings (SSSR count). The summed E-state index contributed by atoms with van der Waals surface area (Å²) in [5.74, 6) is -0.248. The lowest BCUT2D eigenvalue weighted by Crippen LogP contribution is -2.21. The van der Waals surface area contributed by atoms with Crippen molar-refractivity contribution >= 4 is 17.8 Å². The molecule has 1 aromatic carbocycles. The lowest BCUT2D eigenvalue weighted by atomic mass is 10.2. The summed E-state index contributed by atoms with van der Waals surface area (Å²) in [6, 6.07) is 8.53. The number of carbonyl (C=O) groups is 1. The number of rotatable bonds is 5. The van der Waals surface area contributed by atoms with Crippen LogP contribution in [0.4, 0.5) is 5.69 Å². The average molecular weight is 314 g/mol. The van der Waals surface area contributed by atoms with Crippen molar-refractivity contribution in [3.8, 4) is 5.75 Å². The highest BCUT2D eigenvalue weighted by Gasteiger charge is 2.04. The molecule has 1 heterocycles. The second-order valence-corrected chi connectivity index (χ2v) is 4.66. The third-order valence-electron chi connectivity index (χ3n) is 3.26. The Balaban J connectivity index is 0.000000253. The first-order valence-corrected chi connectivity index (χ1v) is 7.31. The van der Waals surface area contributed by atoms with Crippen molar-refractivity contribution < 1.29 is 9.90 Å². The number of amides is 1. The molecule has 0 atom stereocenters. The Morgan fingerprint density at radius 1 is 1.26 bits per heavy atom. The molecule has 0 unspecified atom stereocenters. The predicted molar refractivity (Wildman–Crippen MR) is 92.3 cm³/mol. The van der Waals surface area contributed by atoms with E-state index in [1.807, 2.05) is 6.07 Å². The largest absolute Gasteiger partial charge is 0.507 e. The molecule has 1 aromatic heterocycles. The fourth-order valence-corrected chi connectivity index (χ4v) is 1.96. The molecule has 0 aliphatic carbocycles. The van der Waals surface area contributed by atoms with Gasteiger partial charge in [-0.3, -0.25) is 9.78 Å². The quantitative estimate of drug-likeness (QED) is 0.737. The van der Waals surface area contributed by atoms with Crippen LogP contribution in [-0.4, -0.2) is 35.3 Å². The molecule has 0 radical (unpaired) electrons. The fraction of sp³-hybridized carbons (Fsp3) is 0.235. The van der Waals surface area contributed by atoms with Gasteiger partial charge in [-0.1, -0.05) is 0 Å². The van der Waals surface area contributed by atoms with Crippen LogP contribution in [0, 0.1) is 5.41 Å². The third-order valence-corrected chi connectivity index (χ3v) is 3.26. The Hall–Kier alpha value is -2.89. The molecule has 4 N–H and O–H groups in total. The maximum atomic E-state index is 10.4. The summed E-state index contributed by atoms with van der Waals surface area (Å²) in [6.07, 6.45) is 4.21. The molecule has 0 saturated heterocycles. The van der Waals surface area contributed by atoms with Gasteiger partial charge in [-0.05, 0) is 38.1 Å². The summed E-state index contributed by atoms with van der Waals surface area (Å²) >= 11 is 0. The van der Waals surface area contributed by atoms with E-state index < -0.39 is 5.91 Å². The molecular formula is C17H22N4O2. The highest BCUT2D eigenvalue weighted by Crippen LogP contribution is 2.23. The van der Waals surface area contributed by atoms with Crippen LogP contribution < -0.4 is 10.6 Å². The number of nitrogens with zero attached hydrogens (tertiary/aromatic N) is 2. The highest BCUT2D eigenvalue weighted by atomic mass is 16.3.